The summed E-state index contributed by atoms with van der Waals surface area (Å²) in [5.41, 5.74) is 8.68. The van der Waals surface area contributed by atoms with Crippen LogP contribution in [0.5, 0.6) is 0 Å². The second kappa shape index (κ2) is 8.01. The van der Waals surface area contributed by atoms with Crippen LogP contribution in [0.15, 0.2) is 134 Å². The minimum absolute atomic E-state index is 0.886. The monoisotopic (exact) mass is 510 g/mol. The van der Waals surface area contributed by atoms with Gasteiger partial charge in [0.1, 0.15) is 5.52 Å². The van der Waals surface area contributed by atoms with Crippen molar-refractivity contribution in [3.63, 3.8) is 0 Å². The lowest BCUT2D eigenvalue weighted by molar-refractivity contribution is 1.16. The van der Waals surface area contributed by atoms with Crippen LogP contribution in [0.4, 0.5) is 0 Å². The maximum absolute atomic E-state index is 4.76. The van der Waals surface area contributed by atoms with Gasteiger partial charge in [-0.1, -0.05) is 78.9 Å². The van der Waals surface area contributed by atoms with Gasteiger partial charge in [0, 0.05) is 45.0 Å². The zero-order valence-corrected chi connectivity index (χ0v) is 21.5. The van der Waals surface area contributed by atoms with Gasteiger partial charge >= 0.3 is 0 Å². The molecule has 0 aliphatic carbocycles. The van der Waals surface area contributed by atoms with Crippen molar-refractivity contribution >= 4 is 65.4 Å². The van der Waals surface area contributed by atoms with Crippen LogP contribution >= 0.6 is 0 Å². The molecule has 0 spiro atoms. The Bertz CT molecular complexity index is 2430. The molecule has 4 heteroatoms. The number of aromatic nitrogens is 4. The van der Waals surface area contributed by atoms with E-state index in [1.165, 1.54) is 43.4 Å². The highest BCUT2D eigenvalue weighted by molar-refractivity contribution is 6.23. The molecule has 186 valence electrons. The summed E-state index contributed by atoms with van der Waals surface area (Å²) in [5, 5.41) is 7.45. The van der Waals surface area contributed by atoms with Gasteiger partial charge in [-0.25, -0.2) is 0 Å². The molecular formula is C36H22N4. The lowest BCUT2D eigenvalue weighted by atomic mass is 10.0. The van der Waals surface area contributed by atoms with Crippen LogP contribution in [0.25, 0.3) is 76.8 Å². The van der Waals surface area contributed by atoms with Crippen molar-refractivity contribution in [2.45, 2.75) is 0 Å². The van der Waals surface area contributed by atoms with Crippen LogP contribution in [-0.4, -0.2) is 19.1 Å². The Balaban J connectivity index is 1.52. The Kier molecular flexibility index (Phi) is 4.30. The molecule has 9 rings (SSSR count). The fraction of sp³-hybridized carbons (Fsp3) is 0. The van der Waals surface area contributed by atoms with Crippen LogP contribution in [0.1, 0.15) is 0 Å². The zero-order chi connectivity index (χ0) is 26.2. The summed E-state index contributed by atoms with van der Waals surface area (Å²) in [6.45, 7) is 0. The average molecular weight is 511 g/mol. The van der Waals surface area contributed by atoms with E-state index in [1.807, 2.05) is 6.07 Å². The minimum Gasteiger partial charge on any atom is -0.309 e. The predicted molar refractivity (Wildman–Crippen MR) is 166 cm³/mol. The van der Waals surface area contributed by atoms with E-state index < -0.39 is 0 Å². The number of rotatable bonds is 2. The summed E-state index contributed by atoms with van der Waals surface area (Å²) >= 11 is 0. The summed E-state index contributed by atoms with van der Waals surface area (Å²) in [5.74, 6) is 0. The van der Waals surface area contributed by atoms with E-state index in [9.17, 15) is 0 Å². The Morgan fingerprint density at radius 1 is 0.450 bits per heavy atom. The van der Waals surface area contributed by atoms with E-state index >= 15 is 0 Å². The fourth-order valence-corrected chi connectivity index (χ4v) is 6.50. The summed E-state index contributed by atoms with van der Waals surface area (Å²) in [4.78, 5) is 9.35. The summed E-state index contributed by atoms with van der Waals surface area (Å²) in [6, 6.07) is 43.5. The molecule has 0 bridgehead atoms. The number of para-hydroxylation sites is 3. The van der Waals surface area contributed by atoms with Crippen molar-refractivity contribution < 1.29 is 0 Å². The molecule has 0 radical (unpaired) electrons. The van der Waals surface area contributed by atoms with Crippen molar-refractivity contribution in [2.24, 2.45) is 0 Å². The highest BCUT2D eigenvalue weighted by atomic mass is 15.0. The molecule has 3 aromatic heterocycles. The summed E-state index contributed by atoms with van der Waals surface area (Å²) in [6.07, 6.45) is 3.53. The molecule has 9 aromatic rings. The summed E-state index contributed by atoms with van der Waals surface area (Å²) in [7, 11) is 0. The van der Waals surface area contributed by atoms with Gasteiger partial charge in [0.05, 0.1) is 33.3 Å². The summed E-state index contributed by atoms with van der Waals surface area (Å²) < 4.78 is 4.78. The third kappa shape index (κ3) is 2.85. The molecule has 0 unspecified atom stereocenters. The molecule has 0 fully saturated rings. The third-order valence-corrected chi connectivity index (χ3v) is 8.18. The van der Waals surface area contributed by atoms with E-state index in [4.69, 9.17) is 4.98 Å². The van der Waals surface area contributed by atoms with E-state index in [0.717, 1.165) is 33.4 Å². The maximum Gasteiger partial charge on any atom is 0.113 e. The van der Waals surface area contributed by atoms with Gasteiger partial charge < -0.3 is 9.13 Å². The fourth-order valence-electron chi connectivity index (χ4n) is 6.50. The Morgan fingerprint density at radius 3 is 2.12 bits per heavy atom. The standard InChI is InChI=1S/C36H22N4/c1-2-10-24(11-3-1)39-33-22-34-28(21-29(33)27-18-17-23-9-4-5-12-25(23)36(27)39)26-13-6-7-15-31(26)40(34)32-16-8-14-30-35(32)38-20-19-37-30/h1-22H. The molecule has 0 N–H and O–H groups in total. The van der Waals surface area contributed by atoms with E-state index in [1.54, 1.807) is 12.4 Å². The molecule has 0 saturated carbocycles. The van der Waals surface area contributed by atoms with Gasteiger partial charge in [0.15, 0.2) is 0 Å². The van der Waals surface area contributed by atoms with Gasteiger partial charge in [-0.2, -0.15) is 0 Å². The van der Waals surface area contributed by atoms with E-state index in [2.05, 4.69) is 129 Å². The highest BCUT2D eigenvalue weighted by Gasteiger charge is 2.20. The second-order valence-electron chi connectivity index (χ2n) is 10.3. The molecule has 0 saturated heterocycles. The number of fused-ring (bicyclic) bond motifs is 9. The smallest absolute Gasteiger partial charge is 0.113 e. The van der Waals surface area contributed by atoms with Crippen molar-refractivity contribution in [3.05, 3.63) is 134 Å². The first-order chi connectivity index (χ1) is 19.9. The first kappa shape index (κ1) is 21.5. The first-order valence-corrected chi connectivity index (χ1v) is 13.5. The largest absolute Gasteiger partial charge is 0.309 e. The molecule has 4 nitrogen and oxygen atoms in total. The lowest BCUT2D eigenvalue weighted by Gasteiger charge is -2.12. The van der Waals surface area contributed by atoms with E-state index in [0.29, 0.717) is 0 Å². The molecule has 0 atom stereocenters. The van der Waals surface area contributed by atoms with Crippen LogP contribution in [0, 0.1) is 0 Å². The molecule has 0 aliphatic heterocycles. The predicted octanol–water partition coefficient (Wildman–Crippen LogP) is 8.98. The van der Waals surface area contributed by atoms with Crippen molar-refractivity contribution in [2.75, 3.05) is 0 Å². The lowest BCUT2D eigenvalue weighted by Crippen LogP contribution is -1.98. The van der Waals surface area contributed by atoms with Gasteiger partial charge in [0.2, 0.25) is 0 Å². The highest BCUT2D eigenvalue weighted by Crippen LogP contribution is 2.41. The number of benzene rings is 6. The van der Waals surface area contributed by atoms with Crippen LogP contribution in [0.3, 0.4) is 0 Å². The van der Waals surface area contributed by atoms with E-state index in [-0.39, 0.29) is 0 Å². The molecule has 40 heavy (non-hydrogen) atoms. The minimum atomic E-state index is 0.886. The zero-order valence-electron chi connectivity index (χ0n) is 21.5. The number of nitrogens with zero attached hydrogens (tertiary/aromatic N) is 4. The van der Waals surface area contributed by atoms with Crippen LogP contribution in [-0.2, 0) is 0 Å². The van der Waals surface area contributed by atoms with Gasteiger partial charge in [-0.05, 0) is 47.9 Å². The normalized spacial score (nSPS) is 12.0. The Morgan fingerprint density at radius 2 is 1.20 bits per heavy atom. The van der Waals surface area contributed by atoms with Gasteiger partial charge in [0.25, 0.3) is 0 Å². The molecular weight excluding hydrogens is 488 g/mol. The molecule has 3 heterocycles. The first-order valence-electron chi connectivity index (χ1n) is 13.5. The van der Waals surface area contributed by atoms with Crippen molar-refractivity contribution in [1.29, 1.82) is 0 Å². The SMILES string of the molecule is c1ccc(-n2c3cc4c(cc3c3ccc5ccccc5c32)c2ccccc2n4-c2cccc3nccnc23)cc1. The number of hydrogen-bond acceptors (Lipinski definition) is 2. The van der Waals surface area contributed by atoms with Crippen LogP contribution < -0.4 is 0 Å². The Labute approximate surface area is 229 Å². The topological polar surface area (TPSA) is 35.6 Å². The van der Waals surface area contributed by atoms with Crippen LogP contribution in [0.2, 0.25) is 0 Å². The van der Waals surface area contributed by atoms with Gasteiger partial charge in [-0.3, -0.25) is 9.97 Å². The Hall–Kier alpha value is -5.48. The molecule has 6 aromatic carbocycles. The quantitative estimate of drug-likeness (QED) is 0.233. The second-order valence-corrected chi connectivity index (χ2v) is 10.3. The molecule has 0 amide bonds. The molecule has 0 aliphatic rings. The maximum atomic E-state index is 4.76. The van der Waals surface area contributed by atoms with Crippen molar-refractivity contribution in [3.8, 4) is 11.4 Å². The van der Waals surface area contributed by atoms with Gasteiger partial charge in [-0.15, -0.1) is 0 Å². The third-order valence-electron chi connectivity index (χ3n) is 8.18. The number of hydrogen-bond donors (Lipinski definition) is 0. The average Bonchev–Trinajstić information content (AvgIpc) is 3.52. The van der Waals surface area contributed by atoms with Crippen molar-refractivity contribution in [1.82, 2.24) is 19.1 Å².